The number of rotatable bonds is 3. The number of aryl methyl sites for hydroxylation is 1. The van der Waals surface area contributed by atoms with Crippen molar-refractivity contribution in [2.45, 2.75) is 13.5 Å². The summed E-state index contributed by atoms with van der Waals surface area (Å²) in [7, 11) is 0. The Hall–Kier alpha value is -1.32. The molecule has 0 bridgehead atoms. The van der Waals surface area contributed by atoms with Crippen molar-refractivity contribution in [1.82, 2.24) is 0 Å². The molecule has 0 fully saturated rings. The summed E-state index contributed by atoms with van der Waals surface area (Å²) in [6, 6.07) is 12.0. The minimum absolute atomic E-state index is 0.571. The molecule has 1 heterocycles. The fraction of sp³-hybridized carbons (Fsp3) is 0.167. The van der Waals surface area contributed by atoms with Crippen LogP contribution in [-0.2, 0) is 6.54 Å². The molecule has 2 nitrogen and oxygen atoms in total. The zero-order valence-corrected chi connectivity index (χ0v) is 9.38. The Kier molecular flexibility index (Phi) is 3.04. The second-order valence-electron chi connectivity index (χ2n) is 3.34. The summed E-state index contributed by atoms with van der Waals surface area (Å²) in [5.41, 5.74) is 6.73. The summed E-state index contributed by atoms with van der Waals surface area (Å²) in [5, 5.41) is 0.890. The summed E-state index contributed by atoms with van der Waals surface area (Å²) in [4.78, 5) is 1.14. The van der Waals surface area contributed by atoms with Gasteiger partial charge in [-0.3, -0.25) is 0 Å². The van der Waals surface area contributed by atoms with Crippen LogP contribution in [0.1, 0.15) is 10.4 Å². The molecule has 0 radical (unpaired) electrons. The van der Waals surface area contributed by atoms with Crippen molar-refractivity contribution in [2.75, 3.05) is 0 Å². The first kappa shape index (κ1) is 10.2. The highest BCUT2D eigenvalue weighted by molar-refractivity contribution is 7.13. The van der Waals surface area contributed by atoms with Crippen molar-refractivity contribution < 1.29 is 4.74 Å². The Balaban J connectivity index is 2.14. The van der Waals surface area contributed by atoms with Gasteiger partial charge in [-0.25, -0.2) is 0 Å². The van der Waals surface area contributed by atoms with Gasteiger partial charge in [0.15, 0.2) is 5.06 Å². The predicted molar refractivity (Wildman–Crippen MR) is 63.5 cm³/mol. The summed E-state index contributed by atoms with van der Waals surface area (Å²) in [6.07, 6.45) is 0. The minimum Gasteiger partial charge on any atom is -0.447 e. The van der Waals surface area contributed by atoms with Gasteiger partial charge in [0.2, 0.25) is 0 Å². The lowest BCUT2D eigenvalue weighted by Gasteiger charge is -2.02. The normalized spacial score (nSPS) is 10.3. The molecular formula is C12H13NOS. The number of nitrogens with two attached hydrogens (primary N) is 1. The molecule has 1 aromatic carbocycles. The van der Waals surface area contributed by atoms with Crippen LogP contribution in [0, 0.1) is 6.92 Å². The molecule has 0 aliphatic rings. The maximum atomic E-state index is 5.70. The molecule has 0 aliphatic heterocycles. The average molecular weight is 219 g/mol. The lowest BCUT2D eigenvalue weighted by Crippen LogP contribution is -1.91. The van der Waals surface area contributed by atoms with Crippen molar-refractivity contribution in [3.63, 3.8) is 0 Å². The van der Waals surface area contributed by atoms with Crippen molar-refractivity contribution in [3.05, 3.63) is 46.8 Å². The third-order valence-electron chi connectivity index (χ3n) is 2.05. The fourth-order valence-electron chi connectivity index (χ4n) is 1.32. The zero-order chi connectivity index (χ0) is 10.7. The first-order valence-corrected chi connectivity index (χ1v) is 5.63. The van der Waals surface area contributed by atoms with E-state index in [1.807, 2.05) is 43.3 Å². The molecule has 1 aromatic heterocycles. The number of benzene rings is 1. The summed E-state index contributed by atoms with van der Waals surface area (Å²) in [5.74, 6) is 0.875. The second kappa shape index (κ2) is 4.47. The molecule has 2 rings (SSSR count). The third kappa shape index (κ3) is 2.58. The highest BCUT2D eigenvalue weighted by atomic mass is 32.1. The number of thiophene rings is 1. The van der Waals surface area contributed by atoms with Crippen molar-refractivity contribution in [2.24, 2.45) is 5.73 Å². The van der Waals surface area contributed by atoms with Crippen LogP contribution in [0.3, 0.4) is 0 Å². The Morgan fingerprint density at radius 2 is 2.13 bits per heavy atom. The molecule has 0 atom stereocenters. The van der Waals surface area contributed by atoms with E-state index in [0.29, 0.717) is 6.54 Å². The third-order valence-corrected chi connectivity index (χ3v) is 3.03. The lowest BCUT2D eigenvalue weighted by atomic mass is 10.2. The summed E-state index contributed by atoms with van der Waals surface area (Å²) < 4.78 is 5.70. The highest BCUT2D eigenvalue weighted by Gasteiger charge is 2.01. The Morgan fingerprint density at radius 3 is 2.80 bits per heavy atom. The van der Waals surface area contributed by atoms with Crippen LogP contribution >= 0.6 is 11.3 Å². The van der Waals surface area contributed by atoms with E-state index in [4.69, 9.17) is 10.5 Å². The van der Waals surface area contributed by atoms with Crippen LogP contribution in [0.5, 0.6) is 10.8 Å². The minimum atomic E-state index is 0.571. The van der Waals surface area contributed by atoms with E-state index in [0.717, 1.165) is 15.7 Å². The molecule has 0 unspecified atom stereocenters. The van der Waals surface area contributed by atoms with E-state index < -0.39 is 0 Å². The van der Waals surface area contributed by atoms with Gasteiger partial charge >= 0.3 is 0 Å². The first-order valence-electron chi connectivity index (χ1n) is 4.81. The zero-order valence-electron chi connectivity index (χ0n) is 8.57. The maximum absolute atomic E-state index is 5.70. The van der Waals surface area contributed by atoms with Crippen molar-refractivity contribution >= 4 is 11.3 Å². The lowest BCUT2D eigenvalue weighted by molar-refractivity contribution is 0.496. The van der Waals surface area contributed by atoms with Crippen LogP contribution in [0.4, 0.5) is 0 Å². The van der Waals surface area contributed by atoms with Gasteiger partial charge < -0.3 is 10.5 Å². The van der Waals surface area contributed by atoms with Gasteiger partial charge in [-0.05, 0) is 36.8 Å². The molecule has 2 N–H and O–H groups in total. The largest absolute Gasteiger partial charge is 0.447 e. The van der Waals surface area contributed by atoms with Crippen LogP contribution in [-0.4, -0.2) is 0 Å². The molecule has 0 spiro atoms. The van der Waals surface area contributed by atoms with Crippen LogP contribution in [0.15, 0.2) is 36.4 Å². The van der Waals surface area contributed by atoms with Gasteiger partial charge in [0, 0.05) is 11.4 Å². The van der Waals surface area contributed by atoms with Crippen LogP contribution in [0.25, 0.3) is 0 Å². The molecule has 0 aliphatic carbocycles. The van der Waals surface area contributed by atoms with Gasteiger partial charge in [0.1, 0.15) is 5.75 Å². The standard InChI is InChI=1S/C12H13NOS/c1-9-3-2-4-10(7-9)14-12-6-5-11(8-13)15-12/h2-7H,8,13H2,1H3. The monoisotopic (exact) mass is 219 g/mol. The molecule has 0 saturated carbocycles. The van der Waals surface area contributed by atoms with Gasteiger partial charge in [-0.15, -0.1) is 11.3 Å². The Morgan fingerprint density at radius 1 is 1.27 bits per heavy atom. The summed E-state index contributed by atoms with van der Waals surface area (Å²) in [6.45, 7) is 2.62. The van der Waals surface area contributed by atoms with E-state index in [1.165, 1.54) is 5.56 Å². The van der Waals surface area contributed by atoms with Gasteiger partial charge in [0.05, 0.1) is 0 Å². The molecule has 15 heavy (non-hydrogen) atoms. The summed E-state index contributed by atoms with van der Waals surface area (Å²) >= 11 is 1.59. The van der Waals surface area contributed by atoms with Crippen molar-refractivity contribution in [1.29, 1.82) is 0 Å². The Bertz CT molecular complexity index is 450. The topological polar surface area (TPSA) is 35.2 Å². The maximum Gasteiger partial charge on any atom is 0.181 e. The van der Waals surface area contributed by atoms with E-state index in [9.17, 15) is 0 Å². The molecule has 78 valence electrons. The number of hydrogen-bond donors (Lipinski definition) is 1. The molecule has 0 amide bonds. The molecular weight excluding hydrogens is 206 g/mol. The van der Waals surface area contributed by atoms with Gasteiger partial charge in [-0.1, -0.05) is 12.1 Å². The van der Waals surface area contributed by atoms with Gasteiger partial charge in [-0.2, -0.15) is 0 Å². The quantitative estimate of drug-likeness (QED) is 0.859. The van der Waals surface area contributed by atoms with Crippen molar-refractivity contribution in [3.8, 4) is 10.8 Å². The first-order chi connectivity index (χ1) is 7.28. The number of ether oxygens (including phenoxy) is 1. The van der Waals surface area contributed by atoms with E-state index in [2.05, 4.69) is 0 Å². The number of hydrogen-bond acceptors (Lipinski definition) is 3. The molecule has 0 saturated heterocycles. The second-order valence-corrected chi connectivity index (χ2v) is 4.47. The smallest absolute Gasteiger partial charge is 0.181 e. The fourth-order valence-corrected chi connectivity index (χ4v) is 2.07. The molecule has 3 heteroatoms. The predicted octanol–water partition coefficient (Wildman–Crippen LogP) is 3.31. The van der Waals surface area contributed by atoms with Gasteiger partial charge in [0.25, 0.3) is 0 Å². The van der Waals surface area contributed by atoms with E-state index in [-0.39, 0.29) is 0 Å². The Labute approximate surface area is 93.3 Å². The van der Waals surface area contributed by atoms with E-state index in [1.54, 1.807) is 11.3 Å². The SMILES string of the molecule is Cc1cccc(Oc2ccc(CN)s2)c1. The van der Waals surface area contributed by atoms with Crippen LogP contribution in [0.2, 0.25) is 0 Å². The molecule has 2 aromatic rings. The van der Waals surface area contributed by atoms with Crippen LogP contribution < -0.4 is 10.5 Å². The van der Waals surface area contributed by atoms with E-state index >= 15 is 0 Å². The average Bonchev–Trinajstić information content (AvgIpc) is 2.65. The highest BCUT2D eigenvalue weighted by Crippen LogP contribution is 2.29.